The van der Waals surface area contributed by atoms with Gasteiger partial charge in [0.2, 0.25) is 0 Å². The molecule has 16 heavy (non-hydrogen) atoms. The molecule has 82 valence electrons. The van der Waals surface area contributed by atoms with Crippen LogP contribution in [0.2, 0.25) is 0 Å². The SMILES string of the molecule is Cc1ccc(/C=C/COC(=O)C=[N+]=[N-])cc1. The summed E-state index contributed by atoms with van der Waals surface area (Å²) >= 11 is 0. The average Bonchev–Trinajstić information content (AvgIpc) is 2.27. The second-order valence-electron chi connectivity index (χ2n) is 3.19. The van der Waals surface area contributed by atoms with Gasteiger partial charge in [0.15, 0.2) is 0 Å². The molecule has 1 rings (SSSR count). The number of esters is 1. The lowest BCUT2D eigenvalue weighted by atomic mass is 10.1. The zero-order valence-electron chi connectivity index (χ0n) is 8.96. The molecule has 0 N–H and O–H groups in total. The molecule has 4 heteroatoms. The monoisotopic (exact) mass is 216 g/mol. The van der Waals surface area contributed by atoms with E-state index in [0.29, 0.717) is 6.21 Å². The highest BCUT2D eigenvalue weighted by Crippen LogP contribution is 2.04. The van der Waals surface area contributed by atoms with Crippen molar-refractivity contribution in [1.82, 2.24) is 0 Å². The van der Waals surface area contributed by atoms with Crippen LogP contribution in [0.5, 0.6) is 0 Å². The summed E-state index contributed by atoms with van der Waals surface area (Å²) in [5, 5.41) is 0. The summed E-state index contributed by atoms with van der Waals surface area (Å²) in [4.78, 5) is 13.3. The van der Waals surface area contributed by atoms with Crippen molar-refractivity contribution in [2.45, 2.75) is 6.92 Å². The molecule has 0 saturated heterocycles. The first kappa shape index (κ1) is 11.9. The Balaban J connectivity index is 2.40. The third-order valence-electron chi connectivity index (χ3n) is 1.87. The van der Waals surface area contributed by atoms with Crippen LogP contribution in [0, 0.1) is 6.92 Å². The van der Waals surface area contributed by atoms with E-state index in [1.807, 2.05) is 37.3 Å². The molecule has 0 bridgehead atoms. The van der Waals surface area contributed by atoms with Crippen LogP contribution in [0.15, 0.2) is 30.3 Å². The van der Waals surface area contributed by atoms with E-state index in [-0.39, 0.29) is 6.61 Å². The van der Waals surface area contributed by atoms with Gasteiger partial charge in [-0.2, -0.15) is 4.79 Å². The first-order chi connectivity index (χ1) is 7.72. The van der Waals surface area contributed by atoms with Gasteiger partial charge < -0.3 is 10.3 Å². The number of hydrogen-bond acceptors (Lipinski definition) is 2. The Kier molecular flexibility index (Phi) is 4.70. The highest BCUT2D eigenvalue weighted by atomic mass is 16.5. The molecule has 0 aliphatic carbocycles. The van der Waals surface area contributed by atoms with Gasteiger partial charge in [-0.25, -0.2) is 4.79 Å². The molecule has 0 atom stereocenters. The quantitative estimate of drug-likeness (QED) is 0.333. The van der Waals surface area contributed by atoms with Crippen LogP contribution < -0.4 is 0 Å². The minimum Gasteiger partial charge on any atom is -0.453 e. The normalized spacial score (nSPS) is 9.81. The van der Waals surface area contributed by atoms with Gasteiger partial charge in [-0.05, 0) is 18.6 Å². The van der Waals surface area contributed by atoms with Crippen LogP contribution in [0.4, 0.5) is 0 Å². The lowest BCUT2D eigenvalue weighted by Gasteiger charge is -1.95. The largest absolute Gasteiger partial charge is 0.453 e. The summed E-state index contributed by atoms with van der Waals surface area (Å²) in [7, 11) is 0. The number of carbonyl (C=O) groups is 1. The predicted octanol–water partition coefficient (Wildman–Crippen LogP) is 1.85. The van der Waals surface area contributed by atoms with Crippen molar-refractivity contribution in [2.24, 2.45) is 0 Å². The molecule has 0 unspecified atom stereocenters. The van der Waals surface area contributed by atoms with Gasteiger partial charge in [-0.15, -0.1) is 0 Å². The summed E-state index contributed by atoms with van der Waals surface area (Å²) in [6.45, 7) is 2.17. The molecule has 0 radical (unpaired) electrons. The highest BCUT2D eigenvalue weighted by molar-refractivity contribution is 6.20. The topological polar surface area (TPSA) is 62.7 Å². The number of benzene rings is 1. The van der Waals surface area contributed by atoms with Gasteiger partial charge in [0.1, 0.15) is 6.61 Å². The minimum atomic E-state index is -0.670. The highest BCUT2D eigenvalue weighted by Gasteiger charge is 1.99. The summed E-state index contributed by atoms with van der Waals surface area (Å²) in [6.07, 6.45) is 4.27. The number of rotatable bonds is 4. The molecule has 4 nitrogen and oxygen atoms in total. The average molecular weight is 216 g/mol. The van der Waals surface area contributed by atoms with E-state index in [1.165, 1.54) is 5.56 Å². The van der Waals surface area contributed by atoms with Gasteiger partial charge in [-0.3, -0.25) is 0 Å². The third-order valence-corrected chi connectivity index (χ3v) is 1.87. The number of ether oxygens (including phenoxy) is 1. The summed E-state index contributed by atoms with van der Waals surface area (Å²) in [6, 6.07) is 7.96. The zero-order valence-corrected chi connectivity index (χ0v) is 8.96. The van der Waals surface area contributed by atoms with Crippen molar-refractivity contribution in [1.29, 1.82) is 0 Å². The Bertz CT molecular complexity index is 429. The number of nitrogens with zero attached hydrogens (tertiary/aromatic N) is 2. The van der Waals surface area contributed by atoms with Gasteiger partial charge in [0, 0.05) is 0 Å². The van der Waals surface area contributed by atoms with Crippen LogP contribution in [-0.2, 0) is 9.53 Å². The molecule has 0 amide bonds. The van der Waals surface area contributed by atoms with Crippen molar-refractivity contribution < 1.29 is 14.3 Å². The van der Waals surface area contributed by atoms with Gasteiger partial charge in [0.25, 0.3) is 0 Å². The van der Waals surface area contributed by atoms with Crippen LogP contribution in [0.3, 0.4) is 0 Å². The minimum absolute atomic E-state index is 0.152. The van der Waals surface area contributed by atoms with Crippen molar-refractivity contribution in [3.63, 3.8) is 0 Å². The molecule has 1 aromatic carbocycles. The lowest BCUT2D eigenvalue weighted by Crippen LogP contribution is -2.05. The lowest BCUT2D eigenvalue weighted by molar-refractivity contribution is -0.137. The smallest absolute Gasteiger partial charge is 0.413 e. The molecule has 0 fully saturated rings. The Morgan fingerprint density at radius 3 is 2.75 bits per heavy atom. The Morgan fingerprint density at radius 1 is 1.44 bits per heavy atom. The van der Waals surface area contributed by atoms with E-state index in [9.17, 15) is 4.79 Å². The molecule has 0 heterocycles. The fourth-order valence-corrected chi connectivity index (χ4v) is 1.08. The van der Waals surface area contributed by atoms with E-state index < -0.39 is 5.97 Å². The van der Waals surface area contributed by atoms with E-state index in [1.54, 1.807) is 6.08 Å². The molecule has 0 saturated carbocycles. The van der Waals surface area contributed by atoms with Crippen LogP contribution >= 0.6 is 0 Å². The van der Waals surface area contributed by atoms with E-state index >= 15 is 0 Å². The first-order valence-corrected chi connectivity index (χ1v) is 4.80. The van der Waals surface area contributed by atoms with Gasteiger partial charge in [-0.1, -0.05) is 35.9 Å². The van der Waals surface area contributed by atoms with Crippen LogP contribution in [0.25, 0.3) is 11.6 Å². The summed E-state index contributed by atoms with van der Waals surface area (Å²) in [5.41, 5.74) is 10.3. The number of hydrogen-bond donors (Lipinski definition) is 0. The maximum absolute atomic E-state index is 10.7. The molecule has 1 aromatic rings. The third kappa shape index (κ3) is 4.35. The molecule has 0 aliphatic heterocycles. The van der Waals surface area contributed by atoms with Crippen molar-refractivity contribution in [3.8, 4) is 0 Å². The first-order valence-electron chi connectivity index (χ1n) is 4.80. The maximum Gasteiger partial charge on any atom is 0.413 e. The van der Waals surface area contributed by atoms with E-state index in [4.69, 9.17) is 10.3 Å². The van der Waals surface area contributed by atoms with Gasteiger partial charge in [0.05, 0.1) is 0 Å². The maximum atomic E-state index is 10.7. The van der Waals surface area contributed by atoms with Crippen LogP contribution in [0.1, 0.15) is 11.1 Å². The zero-order chi connectivity index (χ0) is 11.8. The Morgan fingerprint density at radius 2 is 2.12 bits per heavy atom. The fraction of sp³-hybridized carbons (Fsp3) is 0.167. The van der Waals surface area contributed by atoms with Gasteiger partial charge >= 0.3 is 12.2 Å². The molecular weight excluding hydrogens is 204 g/mol. The summed E-state index contributed by atoms with van der Waals surface area (Å²) < 4.78 is 4.69. The van der Waals surface area contributed by atoms with E-state index in [0.717, 1.165) is 5.56 Å². The van der Waals surface area contributed by atoms with E-state index in [2.05, 4.69) is 4.79 Å². The number of carbonyl (C=O) groups excluding carboxylic acids is 1. The predicted molar refractivity (Wildman–Crippen MR) is 60.9 cm³/mol. The molecular formula is C12H12N2O2. The second kappa shape index (κ2) is 6.32. The summed E-state index contributed by atoms with van der Waals surface area (Å²) in [5.74, 6) is -0.670. The number of aryl methyl sites for hydroxylation is 1. The fourth-order valence-electron chi connectivity index (χ4n) is 1.08. The van der Waals surface area contributed by atoms with Crippen molar-refractivity contribution >= 4 is 18.3 Å². The van der Waals surface area contributed by atoms with Crippen LogP contribution in [-0.4, -0.2) is 23.6 Å². The molecule has 0 spiro atoms. The Hall–Kier alpha value is -2.19. The Labute approximate surface area is 93.8 Å². The molecule has 0 aromatic heterocycles. The standard InChI is InChI=1S/C12H12N2O2/c1-10-4-6-11(7-5-10)3-2-8-16-12(15)9-14-13/h2-7,9H,8H2,1H3/b3-2+. The van der Waals surface area contributed by atoms with Crippen molar-refractivity contribution in [3.05, 3.63) is 47.0 Å². The molecule has 0 aliphatic rings. The second-order valence-corrected chi connectivity index (χ2v) is 3.19. The van der Waals surface area contributed by atoms with Crippen molar-refractivity contribution in [2.75, 3.05) is 6.61 Å².